The van der Waals surface area contributed by atoms with Crippen LogP contribution in [0.3, 0.4) is 0 Å². The Morgan fingerprint density at radius 3 is 2.55 bits per heavy atom. The molecule has 0 unspecified atom stereocenters. The first kappa shape index (κ1) is 16.3. The van der Waals surface area contributed by atoms with Crippen molar-refractivity contribution >= 4 is 21.4 Å². The molecule has 1 aromatic rings. The second kappa shape index (κ2) is 6.64. The van der Waals surface area contributed by atoms with E-state index in [1.807, 2.05) is 13.8 Å². The number of sulfonamides is 1. The van der Waals surface area contributed by atoms with Crippen LogP contribution in [0.5, 0.6) is 0 Å². The molecule has 0 saturated carbocycles. The molecule has 20 heavy (non-hydrogen) atoms. The summed E-state index contributed by atoms with van der Waals surface area (Å²) in [5.41, 5.74) is 1.82. The number of anilines is 1. The lowest BCUT2D eigenvalue weighted by Crippen LogP contribution is -2.25. The number of benzene rings is 1. The van der Waals surface area contributed by atoms with Gasteiger partial charge < -0.3 is 5.43 Å². The van der Waals surface area contributed by atoms with E-state index in [4.69, 9.17) is 5.84 Å². The van der Waals surface area contributed by atoms with Crippen LogP contribution in [0, 0.1) is 16.0 Å². The highest BCUT2D eigenvalue weighted by molar-refractivity contribution is 7.89. The number of hydrogen-bond acceptors (Lipinski definition) is 6. The number of nitrogens with zero attached hydrogens (tertiary/aromatic N) is 1. The van der Waals surface area contributed by atoms with Crippen LogP contribution in [0.4, 0.5) is 11.4 Å². The Hall–Kier alpha value is -1.71. The van der Waals surface area contributed by atoms with Gasteiger partial charge in [-0.2, -0.15) is 0 Å². The van der Waals surface area contributed by atoms with E-state index < -0.39 is 14.9 Å². The number of nitro benzene ring substituents is 1. The molecule has 0 heterocycles. The first-order valence-corrected chi connectivity index (χ1v) is 7.51. The normalized spacial score (nSPS) is 11.6. The smallest absolute Gasteiger partial charge is 0.294 e. The van der Waals surface area contributed by atoms with E-state index in [0.717, 1.165) is 6.07 Å². The number of hydrazine groups is 1. The summed E-state index contributed by atoms with van der Waals surface area (Å²) in [7, 11) is -3.76. The van der Waals surface area contributed by atoms with Crippen molar-refractivity contribution in [2.75, 3.05) is 12.0 Å². The van der Waals surface area contributed by atoms with E-state index in [9.17, 15) is 18.5 Å². The van der Waals surface area contributed by atoms with Crippen molar-refractivity contribution < 1.29 is 13.3 Å². The molecule has 0 aliphatic rings. The highest BCUT2D eigenvalue weighted by Gasteiger charge is 2.20. The minimum atomic E-state index is -3.76. The molecule has 0 radical (unpaired) electrons. The van der Waals surface area contributed by atoms with E-state index in [-0.39, 0.29) is 22.8 Å². The summed E-state index contributed by atoms with van der Waals surface area (Å²) in [4.78, 5) is 10.0. The summed E-state index contributed by atoms with van der Waals surface area (Å²) in [6.45, 7) is 4.23. The average Bonchev–Trinajstić information content (AvgIpc) is 2.37. The number of nitrogens with one attached hydrogen (secondary N) is 2. The van der Waals surface area contributed by atoms with Crippen LogP contribution in [0.15, 0.2) is 23.1 Å². The van der Waals surface area contributed by atoms with Gasteiger partial charge in [0.15, 0.2) is 0 Å². The average molecular weight is 302 g/mol. The molecule has 0 atom stereocenters. The fraction of sp³-hybridized carbons (Fsp3) is 0.455. The van der Waals surface area contributed by atoms with Crippen LogP contribution >= 0.6 is 0 Å². The van der Waals surface area contributed by atoms with Crippen LogP contribution < -0.4 is 16.0 Å². The summed E-state index contributed by atoms with van der Waals surface area (Å²) in [5.74, 6) is 5.50. The minimum absolute atomic E-state index is 0.0520. The van der Waals surface area contributed by atoms with E-state index in [2.05, 4.69) is 10.1 Å². The van der Waals surface area contributed by atoms with E-state index in [0.29, 0.717) is 12.3 Å². The quantitative estimate of drug-likeness (QED) is 0.394. The molecule has 0 fully saturated rings. The highest BCUT2D eigenvalue weighted by Crippen LogP contribution is 2.26. The van der Waals surface area contributed by atoms with E-state index in [1.165, 1.54) is 12.1 Å². The molecule has 0 aliphatic carbocycles. The van der Waals surface area contributed by atoms with Crippen molar-refractivity contribution in [2.45, 2.75) is 25.2 Å². The molecule has 8 nitrogen and oxygen atoms in total. The fourth-order valence-electron chi connectivity index (χ4n) is 1.52. The Labute approximate surface area is 117 Å². The first-order valence-electron chi connectivity index (χ1n) is 6.02. The maximum absolute atomic E-state index is 12.0. The molecule has 0 bridgehead atoms. The number of rotatable bonds is 7. The van der Waals surface area contributed by atoms with Gasteiger partial charge in [-0.05, 0) is 24.5 Å². The Kier molecular flexibility index (Phi) is 5.43. The molecular weight excluding hydrogens is 284 g/mol. The van der Waals surface area contributed by atoms with Gasteiger partial charge in [0.25, 0.3) is 5.69 Å². The van der Waals surface area contributed by atoms with Crippen molar-refractivity contribution in [3.63, 3.8) is 0 Å². The zero-order chi connectivity index (χ0) is 15.3. The van der Waals surface area contributed by atoms with Gasteiger partial charge in [0, 0.05) is 12.6 Å². The van der Waals surface area contributed by atoms with Crippen LogP contribution in [0.2, 0.25) is 0 Å². The summed E-state index contributed by atoms with van der Waals surface area (Å²) < 4.78 is 26.4. The SMILES string of the molecule is CC(C)CCNS(=O)(=O)c1ccc(NN)c([N+](=O)[O-])c1. The van der Waals surface area contributed by atoms with Crippen LogP contribution in [-0.2, 0) is 10.0 Å². The van der Waals surface area contributed by atoms with Gasteiger partial charge in [-0.3, -0.25) is 16.0 Å². The monoisotopic (exact) mass is 302 g/mol. The summed E-state index contributed by atoms with van der Waals surface area (Å²) in [5, 5.41) is 10.9. The Balaban J connectivity index is 3.01. The molecule has 0 saturated heterocycles. The Morgan fingerprint density at radius 2 is 2.05 bits per heavy atom. The van der Waals surface area contributed by atoms with Crippen LogP contribution in [0.25, 0.3) is 0 Å². The third-order valence-corrected chi connectivity index (χ3v) is 4.10. The van der Waals surface area contributed by atoms with Gasteiger partial charge in [-0.25, -0.2) is 13.1 Å². The molecular formula is C11H18N4O4S. The lowest BCUT2D eigenvalue weighted by atomic mass is 10.1. The number of nitro groups is 1. The van der Waals surface area contributed by atoms with Crippen LogP contribution in [0.1, 0.15) is 20.3 Å². The van der Waals surface area contributed by atoms with Gasteiger partial charge in [-0.1, -0.05) is 13.8 Å². The number of nitrogens with two attached hydrogens (primary N) is 1. The van der Waals surface area contributed by atoms with Gasteiger partial charge in [-0.15, -0.1) is 0 Å². The highest BCUT2D eigenvalue weighted by atomic mass is 32.2. The molecule has 1 aromatic carbocycles. The van der Waals surface area contributed by atoms with Crippen molar-refractivity contribution in [1.82, 2.24) is 4.72 Å². The molecule has 112 valence electrons. The fourth-order valence-corrected chi connectivity index (χ4v) is 2.58. The van der Waals surface area contributed by atoms with Gasteiger partial charge >= 0.3 is 0 Å². The molecule has 0 aromatic heterocycles. The van der Waals surface area contributed by atoms with Crippen molar-refractivity contribution in [3.8, 4) is 0 Å². The minimum Gasteiger partial charge on any atom is -0.318 e. The predicted molar refractivity (Wildman–Crippen MR) is 75.6 cm³/mol. The zero-order valence-corrected chi connectivity index (χ0v) is 12.1. The zero-order valence-electron chi connectivity index (χ0n) is 11.3. The second-order valence-corrected chi connectivity index (χ2v) is 6.43. The van der Waals surface area contributed by atoms with Crippen molar-refractivity contribution in [2.24, 2.45) is 11.8 Å². The van der Waals surface area contributed by atoms with Crippen molar-refractivity contribution in [3.05, 3.63) is 28.3 Å². The van der Waals surface area contributed by atoms with Gasteiger partial charge in [0.2, 0.25) is 10.0 Å². The lowest BCUT2D eigenvalue weighted by Gasteiger charge is -2.09. The largest absolute Gasteiger partial charge is 0.318 e. The summed E-state index contributed by atoms with van der Waals surface area (Å²) in [6.07, 6.45) is 0.684. The first-order chi connectivity index (χ1) is 9.27. The topological polar surface area (TPSA) is 127 Å². The standard InChI is InChI=1S/C11H18N4O4S/c1-8(2)5-6-13-20(18,19)9-3-4-10(14-12)11(7-9)15(16)17/h3-4,7-8,13-14H,5-6,12H2,1-2H3. The van der Waals surface area contributed by atoms with Crippen LogP contribution in [-0.4, -0.2) is 19.9 Å². The third-order valence-electron chi connectivity index (χ3n) is 2.65. The molecule has 0 aliphatic heterocycles. The van der Waals surface area contributed by atoms with Crippen molar-refractivity contribution in [1.29, 1.82) is 0 Å². The van der Waals surface area contributed by atoms with E-state index in [1.54, 1.807) is 0 Å². The molecule has 0 spiro atoms. The molecule has 1 rings (SSSR count). The Morgan fingerprint density at radius 1 is 1.40 bits per heavy atom. The summed E-state index contributed by atoms with van der Waals surface area (Å²) in [6, 6.07) is 3.50. The maximum Gasteiger partial charge on any atom is 0.294 e. The van der Waals surface area contributed by atoms with E-state index >= 15 is 0 Å². The Bertz CT molecular complexity index is 586. The lowest BCUT2D eigenvalue weighted by molar-refractivity contribution is -0.384. The second-order valence-electron chi connectivity index (χ2n) is 4.66. The molecule has 9 heteroatoms. The molecule has 0 amide bonds. The number of nitrogen functional groups attached to an aromatic ring is 1. The van der Waals surface area contributed by atoms with Gasteiger partial charge in [0.05, 0.1) is 9.82 Å². The predicted octanol–water partition coefficient (Wildman–Crippen LogP) is 1.20. The maximum atomic E-state index is 12.0. The molecule has 4 N–H and O–H groups in total. The van der Waals surface area contributed by atoms with Gasteiger partial charge in [0.1, 0.15) is 5.69 Å². The number of hydrogen-bond donors (Lipinski definition) is 3. The third kappa shape index (κ3) is 4.15. The summed E-state index contributed by atoms with van der Waals surface area (Å²) >= 11 is 0.